The zero-order valence-electron chi connectivity index (χ0n) is 16.2. The maximum absolute atomic E-state index is 12.6. The minimum absolute atomic E-state index is 0.0128. The van der Waals surface area contributed by atoms with E-state index >= 15 is 0 Å². The molecule has 148 valence electrons. The Balaban J connectivity index is 1.61. The molecule has 1 aliphatic heterocycles. The van der Waals surface area contributed by atoms with E-state index in [0.717, 1.165) is 30.6 Å². The molecule has 0 bridgehead atoms. The average Bonchev–Trinajstić information content (AvgIpc) is 2.72. The number of piperidine rings is 1. The van der Waals surface area contributed by atoms with Crippen molar-refractivity contribution in [2.75, 3.05) is 32.6 Å². The number of likely N-dealkylation sites (tertiary alicyclic amines) is 1. The van der Waals surface area contributed by atoms with Crippen molar-refractivity contribution in [2.45, 2.75) is 18.9 Å². The number of anilines is 1. The van der Waals surface area contributed by atoms with Gasteiger partial charge in [0.15, 0.2) is 11.5 Å². The van der Waals surface area contributed by atoms with Gasteiger partial charge in [0.05, 0.1) is 14.2 Å². The fraction of sp³-hybridized carbons (Fsp3) is 0.318. The minimum atomic E-state index is 0.0128. The van der Waals surface area contributed by atoms with Gasteiger partial charge in [0, 0.05) is 42.0 Å². The Bertz CT molecular complexity index is 853. The highest BCUT2D eigenvalue weighted by Crippen LogP contribution is 2.30. The molecule has 1 amide bonds. The summed E-state index contributed by atoms with van der Waals surface area (Å²) < 4.78 is 10.6. The number of nitrogens with one attached hydrogen (secondary N) is 1. The first-order chi connectivity index (χ1) is 13.6. The molecule has 1 aliphatic rings. The fourth-order valence-corrected chi connectivity index (χ4v) is 3.54. The van der Waals surface area contributed by atoms with Crippen molar-refractivity contribution in [1.29, 1.82) is 0 Å². The van der Waals surface area contributed by atoms with Crippen molar-refractivity contribution in [3.05, 3.63) is 59.1 Å². The Morgan fingerprint density at radius 2 is 2.00 bits per heavy atom. The molecule has 3 rings (SSSR count). The highest BCUT2D eigenvalue weighted by atomic mass is 35.5. The molecule has 28 heavy (non-hydrogen) atoms. The van der Waals surface area contributed by atoms with Crippen LogP contribution in [0.4, 0.5) is 5.69 Å². The number of hydrogen-bond donors (Lipinski definition) is 1. The molecule has 0 saturated carbocycles. The van der Waals surface area contributed by atoms with Gasteiger partial charge in [0.25, 0.3) is 0 Å². The summed E-state index contributed by atoms with van der Waals surface area (Å²) in [7, 11) is 3.24. The molecule has 1 saturated heterocycles. The number of halogens is 1. The highest BCUT2D eigenvalue weighted by molar-refractivity contribution is 6.30. The first kappa shape index (κ1) is 20.1. The van der Waals surface area contributed by atoms with Gasteiger partial charge >= 0.3 is 0 Å². The number of carbonyl (C=O) groups excluding carboxylic acids is 1. The van der Waals surface area contributed by atoms with Gasteiger partial charge in [-0.1, -0.05) is 23.7 Å². The predicted octanol–water partition coefficient (Wildman–Crippen LogP) is 4.47. The summed E-state index contributed by atoms with van der Waals surface area (Å²) in [5.41, 5.74) is 1.87. The van der Waals surface area contributed by atoms with E-state index in [4.69, 9.17) is 21.1 Å². The maximum atomic E-state index is 12.6. The van der Waals surface area contributed by atoms with Crippen LogP contribution in [0.15, 0.2) is 48.5 Å². The van der Waals surface area contributed by atoms with Gasteiger partial charge in [0.2, 0.25) is 5.91 Å². The number of amides is 1. The third kappa shape index (κ3) is 5.20. The van der Waals surface area contributed by atoms with Gasteiger partial charge in [-0.2, -0.15) is 0 Å². The average molecular weight is 401 g/mol. The van der Waals surface area contributed by atoms with Crippen molar-refractivity contribution in [1.82, 2.24) is 4.90 Å². The van der Waals surface area contributed by atoms with Crippen LogP contribution in [0.1, 0.15) is 18.4 Å². The monoisotopic (exact) mass is 400 g/mol. The third-order valence-electron chi connectivity index (χ3n) is 4.75. The molecule has 6 heteroatoms. The first-order valence-corrected chi connectivity index (χ1v) is 9.68. The third-order valence-corrected chi connectivity index (χ3v) is 4.99. The molecular weight excluding hydrogens is 376 g/mol. The molecule has 1 atom stereocenters. The summed E-state index contributed by atoms with van der Waals surface area (Å²) in [5, 5.41) is 4.16. The molecule has 1 heterocycles. The van der Waals surface area contributed by atoms with Gasteiger partial charge in [-0.25, -0.2) is 0 Å². The number of ether oxygens (including phenoxy) is 2. The lowest BCUT2D eigenvalue weighted by Gasteiger charge is -2.33. The zero-order valence-corrected chi connectivity index (χ0v) is 16.9. The number of hydrogen-bond acceptors (Lipinski definition) is 4. The number of benzene rings is 2. The lowest BCUT2D eigenvalue weighted by molar-refractivity contribution is -0.126. The van der Waals surface area contributed by atoms with Crippen molar-refractivity contribution in [3.8, 4) is 11.5 Å². The summed E-state index contributed by atoms with van der Waals surface area (Å²) in [6.07, 6.45) is 5.39. The van der Waals surface area contributed by atoms with Crippen LogP contribution in [0.5, 0.6) is 11.5 Å². The minimum Gasteiger partial charge on any atom is -0.493 e. The van der Waals surface area contributed by atoms with E-state index in [0.29, 0.717) is 23.1 Å². The number of methoxy groups -OCH3 is 2. The Kier molecular flexibility index (Phi) is 6.82. The molecule has 1 unspecified atom stereocenters. The van der Waals surface area contributed by atoms with E-state index < -0.39 is 0 Å². The number of rotatable bonds is 6. The van der Waals surface area contributed by atoms with Crippen molar-refractivity contribution >= 4 is 29.3 Å². The topological polar surface area (TPSA) is 50.8 Å². The number of nitrogens with zero attached hydrogens (tertiary/aromatic N) is 1. The van der Waals surface area contributed by atoms with E-state index in [9.17, 15) is 4.79 Å². The summed E-state index contributed by atoms with van der Waals surface area (Å²) in [6, 6.07) is 13.4. The normalized spacial score (nSPS) is 16.8. The van der Waals surface area contributed by atoms with E-state index in [2.05, 4.69) is 5.32 Å². The molecule has 1 fully saturated rings. The summed E-state index contributed by atoms with van der Waals surface area (Å²) in [4.78, 5) is 14.5. The SMILES string of the molecule is COc1ccc(NC2CCCN(C(=O)C=Cc3cccc(Cl)c3)C2)cc1OC. The van der Waals surface area contributed by atoms with Gasteiger partial charge in [-0.15, -0.1) is 0 Å². The van der Waals surface area contributed by atoms with Gasteiger partial charge in [-0.3, -0.25) is 4.79 Å². The largest absolute Gasteiger partial charge is 0.493 e. The van der Waals surface area contributed by atoms with E-state index in [-0.39, 0.29) is 11.9 Å². The molecule has 5 nitrogen and oxygen atoms in total. The van der Waals surface area contributed by atoms with Crippen LogP contribution in [0.2, 0.25) is 5.02 Å². The maximum Gasteiger partial charge on any atom is 0.246 e. The Morgan fingerprint density at radius 3 is 2.75 bits per heavy atom. The van der Waals surface area contributed by atoms with E-state index in [1.54, 1.807) is 26.4 Å². The van der Waals surface area contributed by atoms with Gasteiger partial charge in [-0.05, 0) is 48.7 Å². The van der Waals surface area contributed by atoms with Crippen LogP contribution in [-0.2, 0) is 4.79 Å². The summed E-state index contributed by atoms with van der Waals surface area (Å²) in [6.45, 7) is 1.43. The molecule has 1 N–H and O–H groups in total. The lowest BCUT2D eigenvalue weighted by Crippen LogP contribution is -2.44. The number of carbonyl (C=O) groups is 1. The summed E-state index contributed by atoms with van der Waals surface area (Å²) >= 11 is 5.99. The molecule has 2 aromatic rings. The van der Waals surface area contributed by atoms with E-state index in [1.165, 1.54) is 0 Å². The molecular formula is C22H25ClN2O3. The molecule has 0 radical (unpaired) electrons. The molecule has 2 aromatic carbocycles. The fourth-order valence-electron chi connectivity index (χ4n) is 3.34. The second-order valence-corrected chi connectivity index (χ2v) is 7.16. The highest BCUT2D eigenvalue weighted by Gasteiger charge is 2.22. The van der Waals surface area contributed by atoms with Crippen LogP contribution >= 0.6 is 11.6 Å². The quantitative estimate of drug-likeness (QED) is 0.726. The first-order valence-electron chi connectivity index (χ1n) is 9.30. The van der Waals surface area contributed by atoms with Crippen LogP contribution in [0.3, 0.4) is 0 Å². The van der Waals surface area contributed by atoms with Gasteiger partial charge in [0.1, 0.15) is 0 Å². The Labute approximate surface area is 170 Å². The van der Waals surface area contributed by atoms with Crippen molar-refractivity contribution < 1.29 is 14.3 Å². The van der Waals surface area contributed by atoms with Crippen LogP contribution in [-0.4, -0.2) is 44.2 Å². The smallest absolute Gasteiger partial charge is 0.246 e. The molecule has 0 aliphatic carbocycles. The lowest BCUT2D eigenvalue weighted by atomic mass is 10.0. The Hall–Kier alpha value is -2.66. The van der Waals surface area contributed by atoms with Crippen LogP contribution < -0.4 is 14.8 Å². The van der Waals surface area contributed by atoms with E-state index in [1.807, 2.05) is 47.4 Å². The van der Waals surface area contributed by atoms with Crippen molar-refractivity contribution in [3.63, 3.8) is 0 Å². The molecule has 0 aromatic heterocycles. The standard InChI is InChI=1S/C22H25ClN2O3/c1-27-20-10-9-18(14-21(20)28-2)24-19-7-4-12-25(15-19)22(26)11-8-16-5-3-6-17(23)13-16/h3,5-6,8-11,13-14,19,24H,4,7,12,15H2,1-2H3. The summed E-state index contributed by atoms with van der Waals surface area (Å²) in [5.74, 6) is 1.39. The second kappa shape index (κ2) is 9.51. The van der Waals surface area contributed by atoms with Crippen LogP contribution in [0.25, 0.3) is 6.08 Å². The van der Waals surface area contributed by atoms with Crippen LogP contribution in [0, 0.1) is 0 Å². The zero-order chi connectivity index (χ0) is 19.9. The van der Waals surface area contributed by atoms with Crippen molar-refractivity contribution in [2.24, 2.45) is 0 Å². The molecule has 0 spiro atoms. The second-order valence-electron chi connectivity index (χ2n) is 6.73. The predicted molar refractivity (Wildman–Crippen MR) is 113 cm³/mol. The Morgan fingerprint density at radius 1 is 1.18 bits per heavy atom. The van der Waals surface area contributed by atoms with Gasteiger partial charge < -0.3 is 19.7 Å².